The largest absolute Gasteiger partial charge is 0.339 e. The molecule has 0 N–H and O–H groups in total. The number of nitrogens with zero attached hydrogens (tertiary/aromatic N) is 2. The van der Waals surface area contributed by atoms with Crippen molar-refractivity contribution in [2.24, 2.45) is 5.92 Å². The predicted octanol–water partition coefficient (Wildman–Crippen LogP) is 2.61. The van der Waals surface area contributed by atoms with E-state index >= 15 is 0 Å². The fourth-order valence-electron chi connectivity index (χ4n) is 3.24. The van der Waals surface area contributed by atoms with Gasteiger partial charge in [-0.3, -0.25) is 9.59 Å². The monoisotopic (exact) mass is 334 g/mol. The molecule has 24 heavy (non-hydrogen) atoms. The zero-order chi connectivity index (χ0) is 17.1. The van der Waals surface area contributed by atoms with Crippen molar-refractivity contribution in [3.63, 3.8) is 0 Å². The fourth-order valence-corrected chi connectivity index (χ4v) is 3.24. The number of allylic oxidation sites excluding steroid dienone is 2. The SMILES string of the molecule is O=C(c1ccc(F)cc1F)N1CCN(C(=O)[C@@H]2CC=CCC2)CC1. The zero-order valence-electron chi connectivity index (χ0n) is 13.4. The summed E-state index contributed by atoms with van der Waals surface area (Å²) in [5, 5.41) is 0. The maximum absolute atomic E-state index is 13.7. The molecule has 0 radical (unpaired) electrons. The molecule has 1 saturated heterocycles. The number of halogens is 2. The summed E-state index contributed by atoms with van der Waals surface area (Å²) in [4.78, 5) is 28.1. The Kier molecular flexibility index (Phi) is 4.92. The summed E-state index contributed by atoms with van der Waals surface area (Å²) in [7, 11) is 0. The highest BCUT2D eigenvalue weighted by atomic mass is 19.1. The summed E-state index contributed by atoms with van der Waals surface area (Å²) in [6, 6.07) is 2.95. The molecular formula is C18H20F2N2O2. The van der Waals surface area contributed by atoms with Gasteiger partial charge in [-0.1, -0.05) is 12.2 Å². The number of hydrogen-bond acceptors (Lipinski definition) is 2. The highest BCUT2D eigenvalue weighted by molar-refractivity contribution is 5.94. The number of hydrogen-bond donors (Lipinski definition) is 0. The molecule has 2 aliphatic rings. The van der Waals surface area contributed by atoms with Crippen molar-refractivity contribution >= 4 is 11.8 Å². The number of rotatable bonds is 2. The van der Waals surface area contributed by atoms with Crippen LogP contribution in [0, 0.1) is 17.6 Å². The van der Waals surface area contributed by atoms with E-state index in [9.17, 15) is 18.4 Å². The number of benzene rings is 1. The average Bonchev–Trinajstić information content (AvgIpc) is 2.61. The van der Waals surface area contributed by atoms with Crippen molar-refractivity contribution in [1.29, 1.82) is 0 Å². The minimum Gasteiger partial charge on any atom is -0.339 e. The molecule has 0 bridgehead atoms. The molecule has 0 saturated carbocycles. The van der Waals surface area contributed by atoms with Crippen molar-refractivity contribution in [1.82, 2.24) is 9.80 Å². The van der Waals surface area contributed by atoms with Crippen LogP contribution in [0.25, 0.3) is 0 Å². The first kappa shape index (κ1) is 16.6. The molecule has 1 aliphatic carbocycles. The van der Waals surface area contributed by atoms with Crippen LogP contribution in [-0.2, 0) is 4.79 Å². The van der Waals surface area contributed by atoms with Gasteiger partial charge in [0.05, 0.1) is 5.56 Å². The lowest BCUT2D eigenvalue weighted by Gasteiger charge is -2.36. The van der Waals surface area contributed by atoms with E-state index in [-0.39, 0.29) is 17.4 Å². The quantitative estimate of drug-likeness (QED) is 0.780. The van der Waals surface area contributed by atoms with Crippen LogP contribution in [0.3, 0.4) is 0 Å². The summed E-state index contributed by atoms with van der Waals surface area (Å²) in [6.45, 7) is 1.63. The Morgan fingerprint density at radius 1 is 1.00 bits per heavy atom. The lowest BCUT2D eigenvalue weighted by molar-refractivity contribution is -0.137. The van der Waals surface area contributed by atoms with Crippen LogP contribution in [0.2, 0.25) is 0 Å². The predicted molar refractivity (Wildman–Crippen MR) is 85.3 cm³/mol. The maximum atomic E-state index is 13.7. The van der Waals surface area contributed by atoms with Crippen LogP contribution in [0.5, 0.6) is 0 Å². The van der Waals surface area contributed by atoms with Crippen LogP contribution in [0.4, 0.5) is 8.78 Å². The number of amides is 2. The van der Waals surface area contributed by atoms with Crippen molar-refractivity contribution in [3.8, 4) is 0 Å². The second kappa shape index (κ2) is 7.11. The van der Waals surface area contributed by atoms with Crippen LogP contribution < -0.4 is 0 Å². The van der Waals surface area contributed by atoms with Gasteiger partial charge in [0.2, 0.25) is 5.91 Å². The van der Waals surface area contributed by atoms with Crippen LogP contribution in [0.1, 0.15) is 29.6 Å². The van der Waals surface area contributed by atoms with E-state index in [1.807, 2.05) is 6.08 Å². The molecule has 2 amide bonds. The third-order valence-corrected chi connectivity index (χ3v) is 4.66. The lowest BCUT2D eigenvalue weighted by atomic mass is 9.93. The van der Waals surface area contributed by atoms with E-state index in [4.69, 9.17) is 0 Å². The molecule has 0 spiro atoms. The van der Waals surface area contributed by atoms with Gasteiger partial charge >= 0.3 is 0 Å². The standard InChI is InChI=1S/C18H20F2N2O2/c19-14-6-7-15(16(20)12-14)18(24)22-10-8-21(9-11-22)17(23)13-4-2-1-3-5-13/h1-2,6-7,12-13H,3-5,8-11H2/t13-/m1/s1. The average molecular weight is 334 g/mol. The van der Waals surface area contributed by atoms with Gasteiger partial charge in [-0.2, -0.15) is 0 Å². The molecular weight excluding hydrogens is 314 g/mol. The zero-order valence-corrected chi connectivity index (χ0v) is 13.4. The summed E-state index contributed by atoms with van der Waals surface area (Å²) < 4.78 is 26.7. The normalized spacial score (nSPS) is 21.0. The number of piperazine rings is 1. The third-order valence-electron chi connectivity index (χ3n) is 4.66. The first-order chi connectivity index (χ1) is 11.6. The molecule has 6 heteroatoms. The van der Waals surface area contributed by atoms with Gasteiger partial charge in [0, 0.05) is 38.2 Å². The van der Waals surface area contributed by atoms with E-state index in [0.29, 0.717) is 32.2 Å². The van der Waals surface area contributed by atoms with Crippen molar-refractivity contribution in [2.75, 3.05) is 26.2 Å². The Balaban J connectivity index is 1.59. The van der Waals surface area contributed by atoms with E-state index in [2.05, 4.69) is 6.08 Å². The Morgan fingerprint density at radius 3 is 2.33 bits per heavy atom. The molecule has 4 nitrogen and oxygen atoms in total. The third kappa shape index (κ3) is 3.47. The molecule has 0 aromatic heterocycles. The van der Waals surface area contributed by atoms with E-state index in [1.165, 1.54) is 11.0 Å². The van der Waals surface area contributed by atoms with Gasteiger partial charge in [0.15, 0.2) is 0 Å². The summed E-state index contributed by atoms with van der Waals surface area (Å²) in [6.07, 6.45) is 6.72. The van der Waals surface area contributed by atoms with E-state index < -0.39 is 17.5 Å². The summed E-state index contributed by atoms with van der Waals surface area (Å²) in [5.74, 6) is -1.85. The molecule has 1 aromatic carbocycles. The molecule has 1 aliphatic heterocycles. The van der Waals surface area contributed by atoms with Crippen LogP contribution in [-0.4, -0.2) is 47.8 Å². The summed E-state index contributed by atoms with van der Waals surface area (Å²) >= 11 is 0. The molecule has 1 heterocycles. The van der Waals surface area contributed by atoms with Crippen molar-refractivity contribution in [3.05, 3.63) is 47.5 Å². The molecule has 0 unspecified atom stereocenters. The number of carbonyl (C=O) groups is 2. The second-order valence-electron chi connectivity index (χ2n) is 6.22. The molecule has 1 atom stereocenters. The Bertz CT molecular complexity index is 667. The van der Waals surface area contributed by atoms with Crippen LogP contribution >= 0.6 is 0 Å². The van der Waals surface area contributed by atoms with Crippen molar-refractivity contribution in [2.45, 2.75) is 19.3 Å². The Hall–Kier alpha value is -2.24. The lowest BCUT2D eigenvalue weighted by Crippen LogP contribution is -2.52. The van der Waals surface area contributed by atoms with E-state index in [1.54, 1.807) is 4.90 Å². The Morgan fingerprint density at radius 2 is 1.71 bits per heavy atom. The highest BCUT2D eigenvalue weighted by Gasteiger charge is 2.29. The summed E-state index contributed by atoms with van der Waals surface area (Å²) in [5.41, 5.74) is -0.131. The minimum atomic E-state index is -0.854. The number of carbonyl (C=O) groups excluding carboxylic acids is 2. The second-order valence-corrected chi connectivity index (χ2v) is 6.22. The van der Waals surface area contributed by atoms with Crippen LogP contribution in [0.15, 0.2) is 30.4 Å². The first-order valence-electron chi connectivity index (χ1n) is 8.24. The Labute approximate surface area is 139 Å². The molecule has 1 fully saturated rings. The maximum Gasteiger partial charge on any atom is 0.256 e. The van der Waals surface area contributed by atoms with Gasteiger partial charge < -0.3 is 9.80 Å². The van der Waals surface area contributed by atoms with Crippen molar-refractivity contribution < 1.29 is 18.4 Å². The molecule has 1 aromatic rings. The first-order valence-corrected chi connectivity index (χ1v) is 8.24. The van der Waals surface area contributed by atoms with Gasteiger partial charge in [-0.25, -0.2) is 8.78 Å². The smallest absolute Gasteiger partial charge is 0.256 e. The topological polar surface area (TPSA) is 40.6 Å². The van der Waals surface area contributed by atoms with E-state index in [0.717, 1.165) is 25.3 Å². The van der Waals surface area contributed by atoms with Gasteiger partial charge in [-0.15, -0.1) is 0 Å². The van der Waals surface area contributed by atoms with Gasteiger partial charge in [0.1, 0.15) is 11.6 Å². The highest BCUT2D eigenvalue weighted by Crippen LogP contribution is 2.22. The molecule has 128 valence electrons. The molecule has 3 rings (SSSR count). The fraction of sp³-hybridized carbons (Fsp3) is 0.444. The van der Waals surface area contributed by atoms with Gasteiger partial charge in [-0.05, 0) is 31.4 Å². The van der Waals surface area contributed by atoms with Gasteiger partial charge in [0.25, 0.3) is 5.91 Å². The minimum absolute atomic E-state index is 0.0341.